The standard InChI is InChI=1S/C9H16F2N2O/c1-5(2)8-12-6(3)9(14)13(8)4-7(10)11/h5-8,12H,4H2,1-3H3. The first-order valence-corrected chi connectivity index (χ1v) is 4.78. The second kappa shape index (κ2) is 4.21. The number of carbonyl (C=O) groups is 1. The van der Waals surface area contributed by atoms with Crippen LogP contribution in [-0.4, -0.2) is 36.0 Å². The van der Waals surface area contributed by atoms with Crippen LogP contribution in [0, 0.1) is 5.92 Å². The van der Waals surface area contributed by atoms with Gasteiger partial charge in [0, 0.05) is 0 Å². The molecule has 5 heteroatoms. The normalized spacial score (nSPS) is 28.2. The van der Waals surface area contributed by atoms with E-state index in [1.165, 1.54) is 4.90 Å². The highest BCUT2D eigenvalue weighted by Gasteiger charge is 2.38. The lowest BCUT2D eigenvalue weighted by atomic mass is 10.1. The van der Waals surface area contributed by atoms with Crippen LogP contribution in [0.1, 0.15) is 20.8 Å². The molecule has 1 N–H and O–H groups in total. The smallest absolute Gasteiger partial charge is 0.255 e. The van der Waals surface area contributed by atoms with Crippen molar-refractivity contribution in [1.82, 2.24) is 10.2 Å². The van der Waals surface area contributed by atoms with Gasteiger partial charge in [0.1, 0.15) is 0 Å². The summed E-state index contributed by atoms with van der Waals surface area (Å²) in [5.74, 6) is -0.0911. The van der Waals surface area contributed by atoms with Crippen molar-refractivity contribution in [1.29, 1.82) is 0 Å². The number of alkyl halides is 2. The van der Waals surface area contributed by atoms with E-state index in [9.17, 15) is 13.6 Å². The number of amides is 1. The molecule has 0 bridgehead atoms. The molecule has 0 aromatic rings. The third-order valence-electron chi connectivity index (χ3n) is 2.38. The second-order valence-electron chi connectivity index (χ2n) is 3.96. The Labute approximate surface area is 82.5 Å². The van der Waals surface area contributed by atoms with E-state index in [1.54, 1.807) is 6.92 Å². The quantitative estimate of drug-likeness (QED) is 0.748. The SMILES string of the molecule is CC1NC(C(C)C)N(CC(F)F)C1=O. The van der Waals surface area contributed by atoms with Crippen LogP contribution >= 0.6 is 0 Å². The topological polar surface area (TPSA) is 32.3 Å². The number of nitrogens with one attached hydrogen (secondary N) is 1. The van der Waals surface area contributed by atoms with Gasteiger partial charge in [-0.05, 0) is 12.8 Å². The first-order valence-electron chi connectivity index (χ1n) is 4.78. The molecule has 82 valence electrons. The van der Waals surface area contributed by atoms with Gasteiger partial charge in [0.25, 0.3) is 6.43 Å². The summed E-state index contributed by atoms with van der Waals surface area (Å²) in [6, 6.07) is -0.346. The van der Waals surface area contributed by atoms with Crippen molar-refractivity contribution in [3.63, 3.8) is 0 Å². The van der Waals surface area contributed by atoms with Crippen LogP contribution in [0.15, 0.2) is 0 Å². The average Bonchev–Trinajstić information content (AvgIpc) is 2.32. The molecular formula is C9H16F2N2O. The van der Waals surface area contributed by atoms with Crippen molar-refractivity contribution in [2.75, 3.05) is 6.54 Å². The molecule has 0 saturated carbocycles. The number of hydrogen-bond donors (Lipinski definition) is 1. The van der Waals surface area contributed by atoms with Gasteiger partial charge in [-0.15, -0.1) is 0 Å². The molecule has 2 atom stereocenters. The van der Waals surface area contributed by atoms with E-state index in [4.69, 9.17) is 0 Å². The number of halogens is 2. The lowest BCUT2D eigenvalue weighted by Crippen LogP contribution is -2.43. The largest absolute Gasteiger partial charge is 0.320 e. The molecule has 0 spiro atoms. The molecule has 1 heterocycles. The Balaban J connectivity index is 2.71. The Morgan fingerprint density at radius 2 is 2.07 bits per heavy atom. The van der Waals surface area contributed by atoms with Crippen LogP contribution in [-0.2, 0) is 4.79 Å². The average molecular weight is 206 g/mol. The minimum atomic E-state index is -2.47. The maximum absolute atomic E-state index is 12.2. The molecule has 1 amide bonds. The van der Waals surface area contributed by atoms with E-state index in [0.717, 1.165) is 0 Å². The Morgan fingerprint density at radius 1 is 1.50 bits per heavy atom. The summed E-state index contributed by atoms with van der Waals surface area (Å²) in [6.07, 6.45) is -2.72. The van der Waals surface area contributed by atoms with Crippen molar-refractivity contribution >= 4 is 5.91 Å². The van der Waals surface area contributed by atoms with Crippen molar-refractivity contribution < 1.29 is 13.6 Å². The van der Waals surface area contributed by atoms with Gasteiger partial charge in [-0.3, -0.25) is 10.1 Å². The third kappa shape index (κ3) is 2.20. The Bertz CT molecular complexity index is 221. The molecular weight excluding hydrogens is 190 g/mol. The molecule has 0 aromatic heterocycles. The predicted octanol–water partition coefficient (Wildman–Crippen LogP) is 1.05. The Morgan fingerprint density at radius 3 is 2.50 bits per heavy atom. The lowest BCUT2D eigenvalue weighted by molar-refractivity contribution is -0.132. The summed E-state index contributed by atoms with van der Waals surface area (Å²) < 4.78 is 24.4. The van der Waals surface area contributed by atoms with Gasteiger partial charge < -0.3 is 4.90 Å². The minimum Gasteiger partial charge on any atom is -0.320 e. The van der Waals surface area contributed by atoms with Crippen LogP contribution < -0.4 is 5.32 Å². The summed E-state index contributed by atoms with van der Waals surface area (Å²) >= 11 is 0. The van der Waals surface area contributed by atoms with Gasteiger partial charge in [-0.25, -0.2) is 8.78 Å². The summed E-state index contributed by atoms with van der Waals surface area (Å²) in [5, 5.41) is 3.00. The molecule has 1 aliphatic rings. The van der Waals surface area contributed by atoms with Gasteiger partial charge in [0.2, 0.25) is 5.91 Å². The van der Waals surface area contributed by atoms with E-state index >= 15 is 0 Å². The molecule has 0 aromatic carbocycles. The van der Waals surface area contributed by atoms with Crippen molar-refractivity contribution in [3.8, 4) is 0 Å². The molecule has 14 heavy (non-hydrogen) atoms. The van der Waals surface area contributed by atoms with Crippen molar-refractivity contribution in [2.45, 2.75) is 39.4 Å². The molecule has 1 aliphatic heterocycles. The zero-order valence-corrected chi connectivity index (χ0v) is 8.63. The summed E-state index contributed by atoms with van der Waals surface area (Å²) in [4.78, 5) is 12.7. The zero-order valence-electron chi connectivity index (χ0n) is 8.63. The van der Waals surface area contributed by atoms with Gasteiger partial charge in [0.15, 0.2) is 0 Å². The van der Waals surface area contributed by atoms with Gasteiger partial charge >= 0.3 is 0 Å². The van der Waals surface area contributed by atoms with E-state index < -0.39 is 13.0 Å². The fraction of sp³-hybridized carbons (Fsp3) is 0.889. The third-order valence-corrected chi connectivity index (χ3v) is 2.38. The first-order chi connectivity index (χ1) is 6.43. The summed E-state index contributed by atoms with van der Waals surface area (Å²) in [7, 11) is 0. The molecule has 1 saturated heterocycles. The van der Waals surface area contributed by atoms with E-state index in [2.05, 4.69) is 5.32 Å². The molecule has 1 rings (SSSR count). The fourth-order valence-corrected chi connectivity index (χ4v) is 1.71. The van der Waals surface area contributed by atoms with Crippen LogP contribution in [0.2, 0.25) is 0 Å². The highest BCUT2D eigenvalue weighted by Crippen LogP contribution is 2.18. The van der Waals surface area contributed by atoms with E-state index in [0.29, 0.717) is 0 Å². The summed E-state index contributed by atoms with van der Waals surface area (Å²) in [5.41, 5.74) is 0. The van der Waals surface area contributed by atoms with Gasteiger partial charge in [-0.2, -0.15) is 0 Å². The highest BCUT2D eigenvalue weighted by molar-refractivity contribution is 5.83. The number of hydrogen-bond acceptors (Lipinski definition) is 2. The summed E-state index contributed by atoms with van der Waals surface area (Å²) in [6.45, 7) is 5.03. The Hall–Kier alpha value is -0.710. The zero-order chi connectivity index (χ0) is 10.9. The van der Waals surface area contributed by atoms with Crippen molar-refractivity contribution in [2.24, 2.45) is 5.92 Å². The molecule has 1 fully saturated rings. The fourth-order valence-electron chi connectivity index (χ4n) is 1.71. The maximum Gasteiger partial charge on any atom is 0.255 e. The lowest BCUT2D eigenvalue weighted by Gasteiger charge is -2.26. The van der Waals surface area contributed by atoms with Crippen LogP contribution in [0.3, 0.4) is 0 Å². The molecule has 2 unspecified atom stereocenters. The van der Waals surface area contributed by atoms with Crippen LogP contribution in [0.5, 0.6) is 0 Å². The van der Waals surface area contributed by atoms with Crippen LogP contribution in [0.4, 0.5) is 8.78 Å². The second-order valence-corrected chi connectivity index (χ2v) is 3.96. The monoisotopic (exact) mass is 206 g/mol. The van der Waals surface area contributed by atoms with E-state index in [-0.39, 0.29) is 24.0 Å². The minimum absolute atomic E-state index is 0.141. The number of nitrogens with zero attached hydrogens (tertiary/aromatic N) is 1. The number of carbonyl (C=O) groups excluding carboxylic acids is 1. The van der Waals surface area contributed by atoms with Gasteiger partial charge in [-0.1, -0.05) is 13.8 Å². The Kier molecular flexibility index (Phi) is 3.42. The highest BCUT2D eigenvalue weighted by atomic mass is 19.3. The predicted molar refractivity (Wildman–Crippen MR) is 48.9 cm³/mol. The molecule has 3 nitrogen and oxygen atoms in total. The van der Waals surface area contributed by atoms with Gasteiger partial charge in [0.05, 0.1) is 18.8 Å². The van der Waals surface area contributed by atoms with Crippen molar-refractivity contribution in [3.05, 3.63) is 0 Å². The first kappa shape index (κ1) is 11.4. The van der Waals surface area contributed by atoms with E-state index in [1.807, 2.05) is 13.8 Å². The van der Waals surface area contributed by atoms with Crippen LogP contribution in [0.25, 0.3) is 0 Å². The molecule has 0 radical (unpaired) electrons. The molecule has 0 aliphatic carbocycles. The maximum atomic E-state index is 12.2. The number of rotatable bonds is 3.